The van der Waals surface area contributed by atoms with E-state index in [0.29, 0.717) is 11.8 Å². The topological polar surface area (TPSA) is 42.3 Å². The molecule has 0 atom stereocenters. The zero-order valence-electron chi connectivity index (χ0n) is 6.22. The van der Waals surface area contributed by atoms with Crippen LogP contribution in [0.25, 0.3) is 0 Å². The van der Waals surface area contributed by atoms with E-state index in [9.17, 15) is 0 Å². The first-order valence-electron chi connectivity index (χ1n) is 3.54. The molecule has 0 aromatic heterocycles. The van der Waals surface area contributed by atoms with E-state index in [0.717, 1.165) is 26.1 Å². The van der Waals surface area contributed by atoms with Crippen molar-refractivity contribution < 1.29 is 9.47 Å². The number of rotatable bonds is 1. The molecule has 0 aliphatic carbocycles. The summed E-state index contributed by atoms with van der Waals surface area (Å²) < 4.78 is 9.96. The first kappa shape index (κ1) is 7.54. The molecule has 1 heterocycles. The Balaban J connectivity index is 2.31. The van der Waals surface area contributed by atoms with E-state index in [1.807, 2.05) is 0 Å². The van der Waals surface area contributed by atoms with Crippen molar-refractivity contribution >= 4 is 5.90 Å². The molecular formula is C7H13NO2. The Morgan fingerprint density at radius 2 is 2.10 bits per heavy atom. The van der Waals surface area contributed by atoms with Crippen LogP contribution >= 0.6 is 0 Å². The van der Waals surface area contributed by atoms with E-state index < -0.39 is 0 Å². The van der Waals surface area contributed by atoms with E-state index in [1.165, 1.54) is 0 Å². The normalized spacial score (nSPS) is 20.5. The average molecular weight is 143 g/mol. The van der Waals surface area contributed by atoms with Crippen LogP contribution in [0.4, 0.5) is 0 Å². The van der Waals surface area contributed by atoms with Gasteiger partial charge in [0.1, 0.15) is 0 Å². The molecule has 0 aromatic rings. The molecular weight excluding hydrogens is 130 g/mol. The molecule has 1 aliphatic heterocycles. The van der Waals surface area contributed by atoms with Gasteiger partial charge >= 0.3 is 0 Å². The summed E-state index contributed by atoms with van der Waals surface area (Å²) in [7, 11) is 1.55. The van der Waals surface area contributed by atoms with Crippen LogP contribution in [0.2, 0.25) is 0 Å². The van der Waals surface area contributed by atoms with Crippen molar-refractivity contribution in [2.45, 2.75) is 12.8 Å². The van der Waals surface area contributed by atoms with Gasteiger partial charge in [0.05, 0.1) is 7.11 Å². The van der Waals surface area contributed by atoms with Gasteiger partial charge in [0, 0.05) is 19.1 Å². The molecule has 0 spiro atoms. The van der Waals surface area contributed by atoms with Crippen LogP contribution in [0.3, 0.4) is 0 Å². The predicted octanol–water partition coefficient (Wildman–Crippen LogP) is 1.04. The fourth-order valence-corrected chi connectivity index (χ4v) is 1.13. The zero-order chi connectivity index (χ0) is 7.40. The summed E-state index contributed by atoms with van der Waals surface area (Å²) in [5.74, 6) is 0.710. The molecule has 0 aromatic carbocycles. The maximum absolute atomic E-state index is 7.35. The van der Waals surface area contributed by atoms with Crippen molar-refractivity contribution in [1.82, 2.24) is 0 Å². The highest BCUT2D eigenvalue weighted by Crippen LogP contribution is 2.15. The van der Waals surface area contributed by atoms with Crippen LogP contribution in [0, 0.1) is 11.3 Å². The lowest BCUT2D eigenvalue weighted by Gasteiger charge is -2.21. The van der Waals surface area contributed by atoms with Crippen LogP contribution in [0.5, 0.6) is 0 Å². The first-order chi connectivity index (χ1) is 4.84. The van der Waals surface area contributed by atoms with Gasteiger partial charge in [-0.3, -0.25) is 5.41 Å². The Hall–Kier alpha value is -0.570. The first-order valence-corrected chi connectivity index (χ1v) is 3.54. The Morgan fingerprint density at radius 1 is 1.50 bits per heavy atom. The summed E-state index contributed by atoms with van der Waals surface area (Å²) in [5, 5.41) is 7.35. The molecule has 0 bridgehead atoms. The van der Waals surface area contributed by atoms with Crippen LogP contribution < -0.4 is 0 Å². The summed E-state index contributed by atoms with van der Waals surface area (Å²) >= 11 is 0. The van der Waals surface area contributed by atoms with Crippen molar-refractivity contribution in [2.75, 3.05) is 20.3 Å². The Bertz CT molecular complexity index is 119. The maximum Gasteiger partial charge on any atom is 0.183 e. The molecule has 1 aliphatic rings. The fourth-order valence-electron chi connectivity index (χ4n) is 1.13. The van der Waals surface area contributed by atoms with Crippen LogP contribution in [0.15, 0.2) is 0 Å². The minimum atomic E-state index is 0.304. The minimum Gasteiger partial charge on any atom is -0.484 e. The number of hydrogen-bond acceptors (Lipinski definition) is 3. The second-order valence-corrected chi connectivity index (χ2v) is 2.46. The average Bonchev–Trinajstić information content (AvgIpc) is 2.05. The second-order valence-electron chi connectivity index (χ2n) is 2.46. The van der Waals surface area contributed by atoms with E-state index in [-0.39, 0.29) is 0 Å². The van der Waals surface area contributed by atoms with Gasteiger partial charge in [-0.1, -0.05) is 0 Å². The predicted molar refractivity (Wildman–Crippen MR) is 38.3 cm³/mol. The monoisotopic (exact) mass is 143 g/mol. The van der Waals surface area contributed by atoms with E-state index in [4.69, 9.17) is 14.9 Å². The third-order valence-electron chi connectivity index (χ3n) is 1.81. The molecule has 1 N–H and O–H groups in total. The minimum absolute atomic E-state index is 0.304. The largest absolute Gasteiger partial charge is 0.484 e. The van der Waals surface area contributed by atoms with Gasteiger partial charge in [-0.15, -0.1) is 0 Å². The quantitative estimate of drug-likeness (QED) is 0.440. The van der Waals surface area contributed by atoms with Gasteiger partial charge in [0.15, 0.2) is 5.90 Å². The molecule has 1 saturated heterocycles. The van der Waals surface area contributed by atoms with Crippen molar-refractivity contribution in [3.8, 4) is 0 Å². The summed E-state index contributed by atoms with van der Waals surface area (Å²) in [6, 6.07) is 0. The molecule has 10 heavy (non-hydrogen) atoms. The molecule has 3 heteroatoms. The summed E-state index contributed by atoms with van der Waals surface area (Å²) in [6.45, 7) is 1.55. The SMILES string of the molecule is COC(=N)C1CCOCC1. The lowest BCUT2D eigenvalue weighted by atomic mass is 10.0. The highest BCUT2D eigenvalue weighted by atomic mass is 16.5. The molecule has 1 fully saturated rings. The fraction of sp³-hybridized carbons (Fsp3) is 0.857. The number of methoxy groups -OCH3 is 1. The lowest BCUT2D eigenvalue weighted by Crippen LogP contribution is -2.23. The van der Waals surface area contributed by atoms with Crippen molar-refractivity contribution in [3.05, 3.63) is 0 Å². The summed E-state index contributed by atoms with van der Waals surface area (Å²) in [6.07, 6.45) is 1.87. The molecule has 1 rings (SSSR count). The van der Waals surface area contributed by atoms with Gasteiger partial charge < -0.3 is 9.47 Å². The smallest absolute Gasteiger partial charge is 0.183 e. The summed E-state index contributed by atoms with van der Waals surface area (Å²) in [4.78, 5) is 0. The highest BCUT2D eigenvalue weighted by Gasteiger charge is 2.18. The molecule has 0 unspecified atom stereocenters. The molecule has 0 radical (unpaired) electrons. The lowest BCUT2D eigenvalue weighted by molar-refractivity contribution is 0.0771. The van der Waals surface area contributed by atoms with Crippen molar-refractivity contribution in [1.29, 1.82) is 5.41 Å². The Labute approximate surface area is 60.8 Å². The number of hydrogen-bond donors (Lipinski definition) is 1. The van der Waals surface area contributed by atoms with Crippen molar-refractivity contribution in [2.24, 2.45) is 5.92 Å². The number of nitrogens with one attached hydrogen (secondary N) is 1. The molecule has 0 saturated carbocycles. The van der Waals surface area contributed by atoms with Crippen LogP contribution in [0.1, 0.15) is 12.8 Å². The second kappa shape index (κ2) is 3.56. The third-order valence-corrected chi connectivity index (χ3v) is 1.81. The Morgan fingerprint density at radius 3 is 2.60 bits per heavy atom. The van der Waals surface area contributed by atoms with Gasteiger partial charge in [-0.25, -0.2) is 0 Å². The standard InChI is InChI=1S/C7H13NO2/c1-9-7(8)6-2-4-10-5-3-6/h6,8H,2-5H2,1H3. The zero-order valence-corrected chi connectivity index (χ0v) is 6.22. The van der Waals surface area contributed by atoms with Crippen molar-refractivity contribution in [3.63, 3.8) is 0 Å². The van der Waals surface area contributed by atoms with E-state index >= 15 is 0 Å². The highest BCUT2D eigenvalue weighted by molar-refractivity contribution is 5.75. The Kier molecular flexibility index (Phi) is 2.68. The van der Waals surface area contributed by atoms with Crippen LogP contribution in [-0.2, 0) is 9.47 Å². The summed E-state index contributed by atoms with van der Waals surface area (Å²) in [5.41, 5.74) is 0. The van der Waals surface area contributed by atoms with Gasteiger partial charge in [0.2, 0.25) is 0 Å². The molecule has 58 valence electrons. The molecule has 3 nitrogen and oxygen atoms in total. The molecule has 0 amide bonds. The third kappa shape index (κ3) is 1.70. The van der Waals surface area contributed by atoms with Crippen LogP contribution in [-0.4, -0.2) is 26.2 Å². The maximum atomic E-state index is 7.35. The van der Waals surface area contributed by atoms with Gasteiger partial charge in [0.25, 0.3) is 0 Å². The van der Waals surface area contributed by atoms with Gasteiger partial charge in [-0.05, 0) is 12.8 Å². The number of ether oxygens (including phenoxy) is 2. The van der Waals surface area contributed by atoms with Gasteiger partial charge in [-0.2, -0.15) is 0 Å². The van der Waals surface area contributed by atoms with E-state index in [1.54, 1.807) is 7.11 Å². The van der Waals surface area contributed by atoms with E-state index in [2.05, 4.69) is 0 Å².